The molecule has 0 radical (unpaired) electrons. The normalized spacial score (nSPS) is 40.3. The summed E-state index contributed by atoms with van der Waals surface area (Å²) in [5.74, 6) is 2.82. The number of fused-ring (bicyclic) bond motifs is 3. The minimum atomic E-state index is -0.00618. The number of ether oxygens (including phenoxy) is 2. The van der Waals surface area contributed by atoms with Crippen LogP contribution in [0.3, 0.4) is 0 Å². The molecule has 4 heteroatoms. The number of piperidine rings is 1. The summed E-state index contributed by atoms with van der Waals surface area (Å²) in [6.45, 7) is 4.63. The van der Waals surface area contributed by atoms with Crippen molar-refractivity contribution in [2.45, 2.75) is 99.6 Å². The van der Waals surface area contributed by atoms with Gasteiger partial charge in [-0.3, -0.25) is 4.90 Å². The molecule has 1 aromatic rings. The van der Waals surface area contributed by atoms with E-state index in [1.807, 2.05) is 7.11 Å². The molecule has 1 unspecified atom stereocenters. The molecule has 4 nitrogen and oxygen atoms in total. The van der Waals surface area contributed by atoms with E-state index >= 15 is 0 Å². The molecule has 0 aromatic heterocycles. The highest BCUT2D eigenvalue weighted by molar-refractivity contribution is 5.50. The van der Waals surface area contributed by atoms with Crippen LogP contribution in [-0.2, 0) is 16.6 Å². The summed E-state index contributed by atoms with van der Waals surface area (Å²) < 4.78 is 12.9. The first-order valence-electron chi connectivity index (χ1n) is 14.0. The number of hydrogen-bond donors (Lipinski definition) is 1. The fraction of sp³-hybridized carbons (Fsp3) is 0.793. The minimum absolute atomic E-state index is 0.00618. The van der Waals surface area contributed by atoms with E-state index in [-0.39, 0.29) is 16.6 Å². The fourth-order valence-electron chi connectivity index (χ4n) is 8.82. The van der Waals surface area contributed by atoms with Crippen molar-refractivity contribution in [3.8, 4) is 5.75 Å². The zero-order chi connectivity index (χ0) is 22.1. The van der Waals surface area contributed by atoms with E-state index in [0.717, 1.165) is 30.6 Å². The van der Waals surface area contributed by atoms with Crippen molar-refractivity contribution in [1.29, 1.82) is 0 Å². The maximum Gasteiger partial charge on any atom is 0.119 e. The first kappa shape index (κ1) is 21.2. The highest BCUT2D eigenvalue weighted by Gasteiger charge is 2.71. The highest BCUT2D eigenvalue weighted by Crippen LogP contribution is 2.65. The van der Waals surface area contributed by atoms with Gasteiger partial charge < -0.3 is 14.8 Å². The van der Waals surface area contributed by atoms with Crippen molar-refractivity contribution >= 4 is 0 Å². The number of methoxy groups -OCH3 is 1. The van der Waals surface area contributed by atoms with E-state index in [1.54, 1.807) is 11.1 Å². The summed E-state index contributed by atoms with van der Waals surface area (Å²) in [5, 5.41) is 4.16. The highest BCUT2D eigenvalue weighted by atomic mass is 16.5. The Labute approximate surface area is 199 Å². The van der Waals surface area contributed by atoms with Crippen LogP contribution in [0.2, 0.25) is 0 Å². The second-order valence-electron chi connectivity index (χ2n) is 12.5. The van der Waals surface area contributed by atoms with Gasteiger partial charge in [0.1, 0.15) is 5.75 Å². The lowest BCUT2D eigenvalue weighted by Crippen LogP contribution is -2.81. The van der Waals surface area contributed by atoms with Crippen molar-refractivity contribution in [2.24, 2.45) is 11.8 Å². The lowest BCUT2D eigenvalue weighted by molar-refractivity contribution is -0.263. The van der Waals surface area contributed by atoms with Gasteiger partial charge in [-0.2, -0.15) is 0 Å². The van der Waals surface area contributed by atoms with Gasteiger partial charge in [0.2, 0.25) is 0 Å². The Bertz CT molecular complexity index is 897. The predicted octanol–water partition coefficient (Wildman–Crippen LogP) is 4.84. The lowest BCUT2D eigenvalue weighted by atomic mass is 9.45. The number of hydrogen-bond acceptors (Lipinski definition) is 4. The van der Waals surface area contributed by atoms with Crippen LogP contribution in [-0.4, -0.2) is 55.4 Å². The van der Waals surface area contributed by atoms with E-state index in [4.69, 9.17) is 9.47 Å². The largest absolute Gasteiger partial charge is 0.497 e. The van der Waals surface area contributed by atoms with Crippen LogP contribution in [0.1, 0.15) is 81.8 Å². The Morgan fingerprint density at radius 1 is 1.06 bits per heavy atom. The van der Waals surface area contributed by atoms with Crippen LogP contribution in [0.15, 0.2) is 18.2 Å². The first-order chi connectivity index (χ1) is 16.2. The van der Waals surface area contributed by atoms with Gasteiger partial charge in [-0.25, -0.2) is 0 Å². The first-order valence-corrected chi connectivity index (χ1v) is 14.0. The van der Waals surface area contributed by atoms with Crippen LogP contribution in [0.4, 0.5) is 0 Å². The van der Waals surface area contributed by atoms with Gasteiger partial charge in [-0.05, 0) is 106 Å². The Morgan fingerprint density at radius 2 is 1.94 bits per heavy atom. The van der Waals surface area contributed by atoms with Gasteiger partial charge in [-0.15, -0.1) is 0 Å². The molecule has 8 rings (SSSR count). The lowest BCUT2D eigenvalue weighted by Gasteiger charge is -2.72. The average Bonchev–Trinajstić information content (AvgIpc) is 3.69. The molecular formula is C29H42N2O2. The average molecular weight is 451 g/mol. The van der Waals surface area contributed by atoms with Crippen LogP contribution in [0.5, 0.6) is 5.75 Å². The molecule has 4 bridgehead atoms. The Kier molecular flexibility index (Phi) is 4.95. The second kappa shape index (κ2) is 7.70. The molecule has 4 atom stereocenters. The van der Waals surface area contributed by atoms with E-state index in [0.29, 0.717) is 6.04 Å². The number of likely N-dealkylation sites (tertiary alicyclic amines) is 1. The molecule has 33 heavy (non-hydrogen) atoms. The predicted molar refractivity (Wildman–Crippen MR) is 131 cm³/mol. The summed E-state index contributed by atoms with van der Waals surface area (Å²) in [6.07, 6.45) is 16.1. The molecule has 6 fully saturated rings. The molecule has 3 heterocycles. The van der Waals surface area contributed by atoms with Crippen LogP contribution >= 0.6 is 0 Å². The number of rotatable bonds is 6. The van der Waals surface area contributed by atoms with E-state index in [2.05, 4.69) is 28.4 Å². The third-order valence-electron chi connectivity index (χ3n) is 10.8. The minimum Gasteiger partial charge on any atom is -0.497 e. The van der Waals surface area contributed by atoms with Gasteiger partial charge in [0.05, 0.1) is 19.3 Å². The molecule has 1 N–H and O–H groups in total. The molecule has 1 spiro atoms. The fourth-order valence-corrected chi connectivity index (χ4v) is 8.82. The van der Waals surface area contributed by atoms with Crippen molar-refractivity contribution in [3.05, 3.63) is 29.3 Å². The molecule has 3 aliphatic heterocycles. The summed E-state index contributed by atoms with van der Waals surface area (Å²) in [6, 6.07) is 7.50. The van der Waals surface area contributed by atoms with Crippen LogP contribution in [0.25, 0.3) is 0 Å². The molecule has 3 saturated heterocycles. The third kappa shape index (κ3) is 3.19. The monoisotopic (exact) mass is 450 g/mol. The summed E-state index contributed by atoms with van der Waals surface area (Å²) in [5.41, 5.74) is 3.40. The molecule has 180 valence electrons. The third-order valence-corrected chi connectivity index (χ3v) is 10.8. The maximum atomic E-state index is 7.19. The zero-order valence-corrected chi connectivity index (χ0v) is 20.5. The maximum absolute atomic E-state index is 7.19. The molecule has 7 aliphatic rings. The van der Waals surface area contributed by atoms with Crippen molar-refractivity contribution in [1.82, 2.24) is 10.2 Å². The zero-order valence-electron chi connectivity index (χ0n) is 20.5. The van der Waals surface area contributed by atoms with Crippen LogP contribution < -0.4 is 10.1 Å². The molecule has 1 aromatic carbocycles. The SMILES string of the molecule is COc1ccc2c(c1)[C@]13CCN(CC4CC4)[C@H](C2)[C@]12CCC(NCC1CCCCC1)(CO2)C3. The summed E-state index contributed by atoms with van der Waals surface area (Å²) in [4.78, 5) is 2.86. The molecular weight excluding hydrogens is 408 g/mol. The number of benzene rings is 1. The molecule has 4 aliphatic carbocycles. The second-order valence-corrected chi connectivity index (χ2v) is 12.5. The molecule has 0 amide bonds. The molecule has 3 saturated carbocycles. The van der Waals surface area contributed by atoms with Gasteiger partial charge in [0.25, 0.3) is 0 Å². The van der Waals surface area contributed by atoms with Gasteiger partial charge in [-0.1, -0.05) is 25.3 Å². The van der Waals surface area contributed by atoms with Crippen molar-refractivity contribution in [2.75, 3.05) is 33.4 Å². The standard InChI is InChI=1S/C29H42N2O2/c1-32-24-10-9-23-15-26-29-12-11-27(20-33-29,30-17-21-5-3-2-4-6-21)19-28(29,25(23)16-24)13-14-31(26)18-22-7-8-22/h9-10,16,21-22,26,30H,2-8,11-15,17-20H2,1H3/t26-,27?,28-,29-/m1/s1. The van der Waals surface area contributed by atoms with E-state index in [1.165, 1.54) is 90.3 Å². The van der Waals surface area contributed by atoms with Crippen LogP contribution in [0, 0.1) is 11.8 Å². The van der Waals surface area contributed by atoms with Gasteiger partial charge in [0, 0.05) is 23.5 Å². The smallest absolute Gasteiger partial charge is 0.119 e. The Hall–Kier alpha value is -1.10. The van der Waals surface area contributed by atoms with Gasteiger partial charge in [0.15, 0.2) is 0 Å². The summed E-state index contributed by atoms with van der Waals surface area (Å²) in [7, 11) is 1.82. The quantitative estimate of drug-likeness (QED) is 0.673. The van der Waals surface area contributed by atoms with Crippen molar-refractivity contribution < 1.29 is 9.47 Å². The van der Waals surface area contributed by atoms with Gasteiger partial charge >= 0.3 is 0 Å². The number of nitrogens with one attached hydrogen (secondary N) is 1. The topological polar surface area (TPSA) is 33.7 Å². The van der Waals surface area contributed by atoms with Crippen molar-refractivity contribution in [3.63, 3.8) is 0 Å². The Balaban J connectivity index is 1.25. The van der Waals surface area contributed by atoms with E-state index < -0.39 is 0 Å². The van der Waals surface area contributed by atoms with E-state index in [9.17, 15) is 0 Å². The summed E-state index contributed by atoms with van der Waals surface area (Å²) >= 11 is 0. The number of nitrogens with zero attached hydrogens (tertiary/aromatic N) is 1. The Morgan fingerprint density at radius 3 is 2.70 bits per heavy atom.